The lowest BCUT2D eigenvalue weighted by molar-refractivity contribution is 0.346. The van der Waals surface area contributed by atoms with Crippen LogP contribution in [0.15, 0.2) is 133 Å². The molecule has 4 aromatic carbocycles. The van der Waals surface area contributed by atoms with E-state index < -0.39 is 0 Å². The number of allylic oxidation sites excluding steroid dienone is 5. The first-order valence-corrected chi connectivity index (χ1v) is 17.6. The van der Waals surface area contributed by atoms with Crippen molar-refractivity contribution in [3.8, 4) is 22.5 Å². The second-order valence-corrected chi connectivity index (χ2v) is 13.4. The molecule has 5 aromatic rings. The average molecular weight is 611 g/mol. The summed E-state index contributed by atoms with van der Waals surface area (Å²) in [6.45, 7) is 0. The Morgan fingerprint density at radius 1 is 0.532 bits per heavy atom. The second kappa shape index (κ2) is 13.1. The van der Waals surface area contributed by atoms with Crippen molar-refractivity contribution >= 4 is 11.1 Å². The van der Waals surface area contributed by atoms with Crippen molar-refractivity contribution in [2.24, 2.45) is 0 Å². The Morgan fingerprint density at radius 2 is 1.19 bits per heavy atom. The van der Waals surface area contributed by atoms with E-state index in [0.717, 1.165) is 59.6 Å². The molecule has 1 saturated carbocycles. The first-order valence-electron chi connectivity index (χ1n) is 17.6. The van der Waals surface area contributed by atoms with Gasteiger partial charge in [-0.2, -0.15) is 0 Å². The summed E-state index contributed by atoms with van der Waals surface area (Å²) in [5.74, 6) is 0.808. The molecule has 0 amide bonds. The SMILES string of the molecule is C1=CC(c2nc(-c3ccccc3)cc(-c3ccc(C4(c5ccc(C6=CCCc7ccccc76)cc5)CCCCC4)cc3)n2)=CCCC1. The van der Waals surface area contributed by atoms with Crippen molar-refractivity contribution in [2.45, 2.75) is 69.6 Å². The van der Waals surface area contributed by atoms with Crippen LogP contribution >= 0.6 is 0 Å². The zero-order valence-corrected chi connectivity index (χ0v) is 27.2. The van der Waals surface area contributed by atoms with E-state index in [1.165, 1.54) is 71.9 Å². The fourth-order valence-corrected chi connectivity index (χ4v) is 8.00. The molecule has 2 nitrogen and oxygen atoms in total. The summed E-state index contributed by atoms with van der Waals surface area (Å²) in [6.07, 6.45) is 21.0. The normalized spacial score (nSPS) is 17.3. The first-order chi connectivity index (χ1) is 23.3. The van der Waals surface area contributed by atoms with Gasteiger partial charge in [0.05, 0.1) is 11.4 Å². The van der Waals surface area contributed by atoms with Gasteiger partial charge in [-0.15, -0.1) is 0 Å². The van der Waals surface area contributed by atoms with E-state index in [-0.39, 0.29) is 5.41 Å². The van der Waals surface area contributed by atoms with Crippen molar-refractivity contribution < 1.29 is 0 Å². The lowest BCUT2D eigenvalue weighted by Gasteiger charge is -2.39. The van der Waals surface area contributed by atoms with Crippen molar-refractivity contribution in [2.75, 3.05) is 0 Å². The maximum Gasteiger partial charge on any atom is 0.160 e. The number of rotatable bonds is 6. The van der Waals surface area contributed by atoms with Crippen molar-refractivity contribution in [3.63, 3.8) is 0 Å². The largest absolute Gasteiger partial charge is 0.228 e. The molecule has 1 fully saturated rings. The lowest BCUT2D eigenvalue weighted by Crippen LogP contribution is -2.30. The molecule has 0 spiro atoms. The molecule has 0 unspecified atom stereocenters. The summed E-state index contributed by atoms with van der Waals surface area (Å²) >= 11 is 0. The summed E-state index contributed by atoms with van der Waals surface area (Å²) in [5.41, 5.74) is 13.8. The van der Waals surface area contributed by atoms with Gasteiger partial charge < -0.3 is 0 Å². The maximum atomic E-state index is 5.15. The summed E-state index contributed by atoms with van der Waals surface area (Å²) in [4.78, 5) is 10.2. The minimum Gasteiger partial charge on any atom is -0.228 e. The molecule has 2 heteroatoms. The van der Waals surface area contributed by atoms with Crippen molar-refractivity contribution in [1.29, 1.82) is 0 Å². The molecule has 0 radical (unpaired) electrons. The van der Waals surface area contributed by atoms with E-state index in [0.29, 0.717) is 0 Å². The minimum atomic E-state index is 0.0378. The Kier molecular flexibility index (Phi) is 8.26. The number of benzene rings is 4. The highest BCUT2D eigenvalue weighted by Crippen LogP contribution is 2.46. The third-order valence-electron chi connectivity index (χ3n) is 10.5. The van der Waals surface area contributed by atoms with Gasteiger partial charge in [-0.3, -0.25) is 0 Å². The summed E-state index contributed by atoms with van der Waals surface area (Å²) in [5, 5.41) is 0. The molecule has 1 heterocycles. The average Bonchev–Trinajstić information content (AvgIpc) is 3.45. The first kappa shape index (κ1) is 29.6. The van der Waals surface area contributed by atoms with Crippen LogP contribution in [0.1, 0.15) is 91.4 Å². The summed E-state index contributed by atoms with van der Waals surface area (Å²) in [6, 6.07) is 40.5. The molecule has 3 aliphatic carbocycles. The van der Waals surface area contributed by atoms with Crippen LogP contribution in [0, 0.1) is 0 Å². The quantitative estimate of drug-likeness (QED) is 0.191. The van der Waals surface area contributed by atoms with Crippen LogP contribution in [-0.2, 0) is 11.8 Å². The fraction of sp³-hybridized carbons (Fsp3) is 0.244. The molecular weight excluding hydrogens is 569 g/mol. The van der Waals surface area contributed by atoms with Gasteiger partial charge >= 0.3 is 0 Å². The lowest BCUT2D eigenvalue weighted by atomic mass is 9.65. The predicted octanol–water partition coefficient (Wildman–Crippen LogP) is 11.6. The molecule has 8 rings (SSSR count). The maximum absolute atomic E-state index is 5.15. The van der Waals surface area contributed by atoms with E-state index in [9.17, 15) is 0 Å². The highest BCUT2D eigenvalue weighted by Gasteiger charge is 2.35. The van der Waals surface area contributed by atoms with Gasteiger partial charge in [0.1, 0.15) is 0 Å². The Labute approximate surface area is 279 Å². The molecule has 0 N–H and O–H groups in total. The molecule has 47 heavy (non-hydrogen) atoms. The number of nitrogens with zero attached hydrogens (tertiary/aromatic N) is 2. The fourth-order valence-electron chi connectivity index (χ4n) is 8.00. The Bertz CT molecular complexity index is 1950. The highest BCUT2D eigenvalue weighted by molar-refractivity contribution is 5.82. The van der Waals surface area contributed by atoms with Gasteiger partial charge in [-0.05, 0) is 84.4 Å². The molecule has 1 aromatic heterocycles. The van der Waals surface area contributed by atoms with Crippen molar-refractivity contribution in [3.05, 3.63) is 167 Å². The van der Waals surface area contributed by atoms with Gasteiger partial charge in [0.15, 0.2) is 5.82 Å². The zero-order valence-electron chi connectivity index (χ0n) is 27.2. The zero-order chi connectivity index (χ0) is 31.5. The predicted molar refractivity (Wildman–Crippen MR) is 196 cm³/mol. The van der Waals surface area contributed by atoms with E-state index >= 15 is 0 Å². The number of hydrogen-bond acceptors (Lipinski definition) is 2. The molecule has 0 atom stereocenters. The van der Waals surface area contributed by atoms with Crippen LogP contribution in [0.4, 0.5) is 0 Å². The number of aryl methyl sites for hydroxylation is 1. The summed E-state index contributed by atoms with van der Waals surface area (Å²) < 4.78 is 0. The minimum absolute atomic E-state index is 0.0378. The van der Waals surface area contributed by atoms with Gasteiger partial charge in [0.2, 0.25) is 0 Å². The third kappa shape index (κ3) is 5.94. The van der Waals surface area contributed by atoms with Gasteiger partial charge in [0, 0.05) is 22.1 Å². The second-order valence-electron chi connectivity index (χ2n) is 13.4. The van der Waals surface area contributed by atoms with Gasteiger partial charge in [0.25, 0.3) is 0 Å². The molecule has 3 aliphatic rings. The third-order valence-corrected chi connectivity index (χ3v) is 10.5. The van der Waals surface area contributed by atoms with Gasteiger partial charge in [-0.25, -0.2) is 9.97 Å². The monoisotopic (exact) mass is 610 g/mol. The Balaban J connectivity index is 1.14. The molecule has 232 valence electrons. The van der Waals surface area contributed by atoms with E-state index in [4.69, 9.17) is 9.97 Å². The van der Waals surface area contributed by atoms with Crippen LogP contribution in [0.25, 0.3) is 33.7 Å². The van der Waals surface area contributed by atoms with Crippen LogP contribution in [0.2, 0.25) is 0 Å². The number of aromatic nitrogens is 2. The van der Waals surface area contributed by atoms with E-state index in [2.05, 4.69) is 133 Å². The Morgan fingerprint density at radius 3 is 1.94 bits per heavy atom. The number of hydrogen-bond donors (Lipinski definition) is 0. The molecule has 0 bridgehead atoms. The highest BCUT2D eigenvalue weighted by atomic mass is 14.9. The Hall–Kier alpha value is -4.82. The molecule has 0 aliphatic heterocycles. The van der Waals surface area contributed by atoms with Crippen LogP contribution in [-0.4, -0.2) is 9.97 Å². The van der Waals surface area contributed by atoms with Crippen molar-refractivity contribution in [1.82, 2.24) is 9.97 Å². The molecular formula is C45H42N2. The topological polar surface area (TPSA) is 25.8 Å². The number of fused-ring (bicyclic) bond motifs is 1. The van der Waals surface area contributed by atoms with Crippen LogP contribution in [0.5, 0.6) is 0 Å². The molecule has 0 saturated heterocycles. The smallest absolute Gasteiger partial charge is 0.160 e. The van der Waals surface area contributed by atoms with E-state index in [1.807, 2.05) is 0 Å². The van der Waals surface area contributed by atoms with Crippen LogP contribution in [0.3, 0.4) is 0 Å². The summed E-state index contributed by atoms with van der Waals surface area (Å²) in [7, 11) is 0. The van der Waals surface area contributed by atoms with Crippen LogP contribution < -0.4 is 0 Å². The standard InChI is InChI=1S/C45H42N2/c1-2-6-18-37(17-5-1)44-46-42(35-15-7-3-8-16-35)32-43(47-44)36-24-28-39(29-25-36)45(30-11-4-12-31-45)38-26-22-34(23-27-38)41-21-13-19-33-14-9-10-20-40(33)41/h3,5,7-10,14-18,20-29,32H,1-2,4,6,11-13,19,30-31H2. The van der Waals surface area contributed by atoms with Gasteiger partial charge in [-0.1, -0.05) is 147 Å². The van der Waals surface area contributed by atoms with E-state index in [1.54, 1.807) is 0 Å².